The van der Waals surface area contributed by atoms with Crippen molar-refractivity contribution < 1.29 is 0 Å². The highest BCUT2D eigenvalue weighted by Gasteiger charge is 2.15. The Labute approximate surface area is 124 Å². The van der Waals surface area contributed by atoms with Crippen molar-refractivity contribution in [2.24, 2.45) is 5.73 Å². The first kappa shape index (κ1) is 14.9. The standard InChI is InChI=1S/C15H21ClN4/c1-11(2)15-14(18-9-3-8-17)10-19-20(15)13-6-4-12(16)5-7-13/h4-7,10-11,18H,3,8-9,17H2,1-2H3. The fourth-order valence-corrected chi connectivity index (χ4v) is 2.29. The van der Waals surface area contributed by atoms with E-state index in [1.165, 1.54) is 5.69 Å². The molecule has 0 radical (unpaired) electrons. The van der Waals surface area contributed by atoms with E-state index >= 15 is 0 Å². The van der Waals surface area contributed by atoms with Gasteiger partial charge < -0.3 is 11.1 Å². The fraction of sp³-hybridized carbons (Fsp3) is 0.400. The molecule has 2 aromatic rings. The molecule has 0 aliphatic heterocycles. The van der Waals surface area contributed by atoms with Gasteiger partial charge in [0.15, 0.2) is 0 Å². The molecule has 1 aromatic heterocycles. The highest BCUT2D eigenvalue weighted by molar-refractivity contribution is 6.30. The molecule has 0 aliphatic rings. The summed E-state index contributed by atoms with van der Waals surface area (Å²) in [5.41, 5.74) is 8.79. The maximum atomic E-state index is 5.94. The van der Waals surface area contributed by atoms with Crippen molar-refractivity contribution in [2.45, 2.75) is 26.2 Å². The average molecular weight is 293 g/mol. The fourth-order valence-electron chi connectivity index (χ4n) is 2.16. The molecule has 1 aromatic carbocycles. The number of halogens is 1. The largest absolute Gasteiger partial charge is 0.382 e. The van der Waals surface area contributed by atoms with Crippen molar-refractivity contribution in [1.82, 2.24) is 9.78 Å². The lowest BCUT2D eigenvalue weighted by molar-refractivity contribution is 0.734. The zero-order valence-corrected chi connectivity index (χ0v) is 12.7. The van der Waals surface area contributed by atoms with Crippen LogP contribution < -0.4 is 11.1 Å². The summed E-state index contributed by atoms with van der Waals surface area (Å²) in [7, 11) is 0. The first-order valence-corrected chi connectivity index (χ1v) is 7.29. The van der Waals surface area contributed by atoms with Crippen molar-refractivity contribution >= 4 is 17.3 Å². The van der Waals surface area contributed by atoms with Crippen molar-refractivity contribution in [1.29, 1.82) is 0 Å². The maximum Gasteiger partial charge on any atom is 0.0766 e. The number of nitrogens with one attached hydrogen (secondary N) is 1. The topological polar surface area (TPSA) is 55.9 Å². The van der Waals surface area contributed by atoms with Crippen LogP contribution in [0.3, 0.4) is 0 Å². The summed E-state index contributed by atoms with van der Waals surface area (Å²) in [6.07, 6.45) is 2.82. The minimum Gasteiger partial charge on any atom is -0.382 e. The molecule has 4 nitrogen and oxygen atoms in total. The van der Waals surface area contributed by atoms with E-state index in [9.17, 15) is 0 Å². The summed E-state index contributed by atoms with van der Waals surface area (Å²) in [4.78, 5) is 0. The van der Waals surface area contributed by atoms with Crippen molar-refractivity contribution in [2.75, 3.05) is 18.4 Å². The Morgan fingerprint density at radius 3 is 2.60 bits per heavy atom. The van der Waals surface area contributed by atoms with Gasteiger partial charge in [0.25, 0.3) is 0 Å². The van der Waals surface area contributed by atoms with Gasteiger partial charge in [-0.1, -0.05) is 25.4 Å². The number of aromatic nitrogens is 2. The van der Waals surface area contributed by atoms with E-state index in [0.29, 0.717) is 12.5 Å². The molecule has 0 fully saturated rings. The second-order valence-corrected chi connectivity index (χ2v) is 5.49. The Hall–Kier alpha value is -1.52. The third-order valence-corrected chi connectivity index (χ3v) is 3.37. The molecule has 1 heterocycles. The van der Waals surface area contributed by atoms with Crippen LogP contribution >= 0.6 is 11.6 Å². The molecule has 5 heteroatoms. The Morgan fingerprint density at radius 1 is 1.30 bits per heavy atom. The van der Waals surface area contributed by atoms with Gasteiger partial charge in [0.05, 0.1) is 23.3 Å². The second kappa shape index (κ2) is 6.77. The molecule has 0 saturated carbocycles. The molecule has 108 valence electrons. The van der Waals surface area contributed by atoms with Crippen molar-refractivity contribution in [3.8, 4) is 5.69 Å². The zero-order valence-electron chi connectivity index (χ0n) is 11.9. The van der Waals surface area contributed by atoms with Gasteiger partial charge in [0, 0.05) is 11.6 Å². The van der Waals surface area contributed by atoms with Crippen LogP contribution in [0.15, 0.2) is 30.5 Å². The number of hydrogen-bond acceptors (Lipinski definition) is 3. The predicted molar refractivity (Wildman–Crippen MR) is 84.8 cm³/mol. The molecular weight excluding hydrogens is 272 g/mol. The molecular formula is C15H21ClN4. The first-order valence-electron chi connectivity index (χ1n) is 6.91. The van der Waals surface area contributed by atoms with Crippen molar-refractivity contribution in [3.05, 3.63) is 41.2 Å². The van der Waals surface area contributed by atoms with Crippen LogP contribution in [-0.4, -0.2) is 22.9 Å². The van der Waals surface area contributed by atoms with Crippen LogP contribution in [0.5, 0.6) is 0 Å². The van der Waals surface area contributed by atoms with Gasteiger partial charge in [-0.05, 0) is 43.1 Å². The summed E-state index contributed by atoms with van der Waals surface area (Å²) in [5.74, 6) is 0.369. The third-order valence-electron chi connectivity index (χ3n) is 3.12. The molecule has 0 atom stereocenters. The summed E-state index contributed by atoms with van der Waals surface area (Å²) in [6.45, 7) is 5.88. The molecule has 0 saturated heterocycles. The zero-order chi connectivity index (χ0) is 14.5. The molecule has 0 aliphatic carbocycles. The average Bonchev–Trinajstić information content (AvgIpc) is 2.84. The third kappa shape index (κ3) is 3.32. The Bertz CT molecular complexity index is 546. The molecule has 0 unspecified atom stereocenters. The van der Waals surface area contributed by atoms with E-state index < -0.39 is 0 Å². The van der Waals surface area contributed by atoms with Crippen LogP contribution in [0.2, 0.25) is 5.02 Å². The number of nitrogens with zero attached hydrogens (tertiary/aromatic N) is 2. The maximum absolute atomic E-state index is 5.94. The minimum atomic E-state index is 0.369. The molecule has 2 rings (SSSR count). The predicted octanol–water partition coefficient (Wildman–Crippen LogP) is 3.41. The van der Waals surface area contributed by atoms with Gasteiger partial charge in [-0.15, -0.1) is 0 Å². The van der Waals surface area contributed by atoms with E-state index in [2.05, 4.69) is 24.3 Å². The number of rotatable bonds is 6. The normalized spacial score (nSPS) is 11.1. The van der Waals surface area contributed by atoms with E-state index in [0.717, 1.165) is 29.4 Å². The van der Waals surface area contributed by atoms with Gasteiger partial charge in [0.1, 0.15) is 0 Å². The van der Waals surface area contributed by atoms with Gasteiger partial charge >= 0.3 is 0 Å². The second-order valence-electron chi connectivity index (χ2n) is 5.06. The molecule has 3 N–H and O–H groups in total. The first-order chi connectivity index (χ1) is 9.63. The lowest BCUT2D eigenvalue weighted by atomic mass is 10.1. The van der Waals surface area contributed by atoms with E-state index in [-0.39, 0.29) is 0 Å². The highest BCUT2D eigenvalue weighted by Crippen LogP contribution is 2.27. The SMILES string of the molecule is CC(C)c1c(NCCCN)cnn1-c1ccc(Cl)cc1. The van der Waals surface area contributed by atoms with Crippen LogP contribution in [0.25, 0.3) is 5.69 Å². The Morgan fingerprint density at radius 2 is 2.00 bits per heavy atom. The Kier molecular flexibility index (Phi) is 5.04. The lowest BCUT2D eigenvalue weighted by Crippen LogP contribution is -2.11. The summed E-state index contributed by atoms with van der Waals surface area (Å²) in [6, 6.07) is 7.71. The van der Waals surface area contributed by atoms with Crippen LogP contribution in [0.1, 0.15) is 31.9 Å². The van der Waals surface area contributed by atoms with E-state index in [1.807, 2.05) is 35.1 Å². The summed E-state index contributed by atoms with van der Waals surface area (Å²) < 4.78 is 1.96. The van der Waals surface area contributed by atoms with E-state index in [4.69, 9.17) is 17.3 Å². The number of nitrogens with two attached hydrogens (primary N) is 1. The summed E-state index contributed by atoms with van der Waals surface area (Å²) >= 11 is 5.94. The van der Waals surface area contributed by atoms with Gasteiger partial charge in [0.2, 0.25) is 0 Å². The van der Waals surface area contributed by atoms with Gasteiger partial charge in [-0.25, -0.2) is 4.68 Å². The minimum absolute atomic E-state index is 0.369. The molecule has 0 spiro atoms. The van der Waals surface area contributed by atoms with Gasteiger partial charge in [-0.3, -0.25) is 0 Å². The molecule has 20 heavy (non-hydrogen) atoms. The smallest absolute Gasteiger partial charge is 0.0766 e. The number of benzene rings is 1. The number of anilines is 1. The lowest BCUT2D eigenvalue weighted by Gasteiger charge is -2.13. The van der Waals surface area contributed by atoms with E-state index in [1.54, 1.807) is 0 Å². The van der Waals surface area contributed by atoms with Crippen LogP contribution in [0, 0.1) is 0 Å². The van der Waals surface area contributed by atoms with Crippen LogP contribution in [-0.2, 0) is 0 Å². The highest BCUT2D eigenvalue weighted by atomic mass is 35.5. The quantitative estimate of drug-likeness (QED) is 0.802. The summed E-state index contributed by atoms with van der Waals surface area (Å²) in [5, 5.41) is 8.63. The van der Waals surface area contributed by atoms with Gasteiger partial charge in [-0.2, -0.15) is 5.10 Å². The molecule has 0 amide bonds. The van der Waals surface area contributed by atoms with Crippen LogP contribution in [0.4, 0.5) is 5.69 Å². The Balaban J connectivity index is 2.31. The number of hydrogen-bond donors (Lipinski definition) is 2. The molecule has 0 bridgehead atoms. The monoisotopic (exact) mass is 292 g/mol. The van der Waals surface area contributed by atoms with Crippen molar-refractivity contribution in [3.63, 3.8) is 0 Å².